The Labute approximate surface area is 255 Å². The predicted octanol–water partition coefficient (Wildman–Crippen LogP) is 1.82. The first kappa shape index (κ1) is 36.3. The summed E-state index contributed by atoms with van der Waals surface area (Å²) in [5.41, 5.74) is 0.125. The van der Waals surface area contributed by atoms with Gasteiger partial charge < -0.3 is 25.8 Å². The van der Waals surface area contributed by atoms with Gasteiger partial charge in [-0.15, -0.1) is 0 Å². The molecule has 3 aliphatic heterocycles. The molecule has 0 aromatic carbocycles. The Morgan fingerprint density at radius 1 is 0.744 bits per heavy atom. The van der Waals surface area contributed by atoms with Gasteiger partial charge in [-0.05, 0) is 0 Å². The molecule has 0 saturated carbocycles. The van der Waals surface area contributed by atoms with Crippen molar-refractivity contribution in [2.75, 3.05) is 19.8 Å². The smallest absolute Gasteiger partial charge is 0.268 e. The first-order valence-corrected chi connectivity index (χ1v) is 16.6. The van der Waals surface area contributed by atoms with E-state index < -0.39 is 19.1 Å². The van der Waals surface area contributed by atoms with Crippen LogP contribution in [-0.4, -0.2) is 71.5 Å². The Morgan fingerprint density at radius 2 is 1.16 bits per heavy atom. The number of aromatic nitrogens is 6. The van der Waals surface area contributed by atoms with Crippen LogP contribution in [0.5, 0.6) is 17.6 Å². The summed E-state index contributed by atoms with van der Waals surface area (Å²) in [6.07, 6.45) is 4.22. The highest BCUT2D eigenvalue weighted by Crippen LogP contribution is 2.35. The lowest BCUT2D eigenvalue weighted by atomic mass is 9.94. The zero-order chi connectivity index (χ0) is 30.4. The van der Waals surface area contributed by atoms with Crippen LogP contribution in [0.25, 0.3) is 0 Å². The summed E-state index contributed by atoms with van der Waals surface area (Å²) in [5.74, 6) is 1.38. The minimum atomic E-state index is -3.77. The normalized spacial score (nSPS) is 18.8. The van der Waals surface area contributed by atoms with E-state index in [9.17, 15) is 16.8 Å². The fraction of sp³-hybridized carbons (Fsp3) is 0.625. The lowest BCUT2D eigenvalue weighted by Crippen LogP contribution is -2.33. The number of fused-ring (bicyclic) bond motifs is 3. The first-order valence-electron chi connectivity index (χ1n) is 12.8. The van der Waals surface area contributed by atoms with Crippen LogP contribution < -0.4 is 25.5 Å². The van der Waals surface area contributed by atoms with E-state index in [1.165, 1.54) is 21.8 Å². The number of hydrogen-bond donors (Lipinski definition) is 2. The summed E-state index contributed by atoms with van der Waals surface area (Å²) in [6.45, 7) is 16.3. The van der Waals surface area contributed by atoms with Gasteiger partial charge in [0.15, 0.2) is 9.79 Å². The van der Waals surface area contributed by atoms with Gasteiger partial charge in [0.2, 0.25) is 27.7 Å². The molecular formula is C24H41ClN8O8S2. The van der Waals surface area contributed by atoms with E-state index >= 15 is 0 Å². The van der Waals surface area contributed by atoms with Crippen molar-refractivity contribution < 1.29 is 36.5 Å². The predicted molar refractivity (Wildman–Crippen MR) is 158 cm³/mol. The van der Waals surface area contributed by atoms with Gasteiger partial charge in [0.1, 0.15) is 0 Å². The quantitative estimate of drug-likeness (QED) is 0.373. The molecule has 43 heavy (non-hydrogen) atoms. The van der Waals surface area contributed by atoms with Gasteiger partial charge in [-0.1, -0.05) is 41.5 Å². The van der Waals surface area contributed by atoms with Crippen molar-refractivity contribution in [2.24, 2.45) is 21.4 Å². The summed E-state index contributed by atoms with van der Waals surface area (Å²) in [4.78, 5) is -0.0994. The summed E-state index contributed by atoms with van der Waals surface area (Å²) < 4.78 is 65.9. The van der Waals surface area contributed by atoms with Crippen molar-refractivity contribution in [3.8, 4) is 17.6 Å². The van der Waals surface area contributed by atoms with Crippen molar-refractivity contribution in [1.29, 1.82) is 0 Å². The Balaban J connectivity index is 0.000000223. The van der Waals surface area contributed by atoms with Gasteiger partial charge in [0.25, 0.3) is 9.05 Å². The highest BCUT2D eigenvalue weighted by atomic mass is 35.7. The van der Waals surface area contributed by atoms with Crippen molar-refractivity contribution in [1.82, 2.24) is 35.5 Å². The second-order valence-electron chi connectivity index (χ2n) is 12.6. The van der Waals surface area contributed by atoms with Crippen LogP contribution in [0, 0.1) is 16.2 Å². The minimum absolute atomic E-state index is 0. The third-order valence-corrected chi connectivity index (χ3v) is 8.51. The number of sulfonamides is 1. The van der Waals surface area contributed by atoms with Crippen molar-refractivity contribution in [2.45, 2.75) is 71.0 Å². The Hall–Kier alpha value is -2.90. The summed E-state index contributed by atoms with van der Waals surface area (Å²) in [7, 11) is -2.27. The minimum Gasteiger partial charge on any atom is -0.477 e. The van der Waals surface area contributed by atoms with Crippen molar-refractivity contribution >= 4 is 29.8 Å². The molecule has 7 N–H and O–H groups in total. The lowest BCUT2D eigenvalue weighted by molar-refractivity contribution is 0.0971. The number of nitrogens with two attached hydrogens (primary N) is 1. The molecule has 3 aromatic heterocycles. The summed E-state index contributed by atoms with van der Waals surface area (Å²) in [6, 6.07) is 1.90. The maximum atomic E-state index is 11.2. The molecule has 244 valence electrons. The molecule has 3 aromatic rings. The van der Waals surface area contributed by atoms with Gasteiger partial charge in [-0.3, -0.25) is 0 Å². The van der Waals surface area contributed by atoms with Crippen molar-refractivity contribution in [3.05, 3.63) is 24.7 Å². The molecular weight excluding hydrogens is 628 g/mol. The van der Waals surface area contributed by atoms with Crippen LogP contribution in [0.1, 0.15) is 41.5 Å². The number of ether oxygens (including phenoxy) is 3. The third kappa shape index (κ3) is 8.82. The van der Waals surface area contributed by atoms with E-state index in [-0.39, 0.29) is 49.4 Å². The molecule has 0 radical (unpaired) electrons. The molecule has 0 spiro atoms. The van der Waals surface area contributed by atoms with E-state index in [1.54, 1.807) is 6.20 Å². The maximum Gasteiger partial charge on any atom is 0.268 e. The average Bonchev–Trinajstić information content (AvgIpc) is 3.54. The standard InChI is InChI=1S/C8H11ClN2O3S.C8H13N3O3S.C8H12N2O.H3N.H2O/c2*1-8(2)4-11-7(14-5-8)6(3-10-11)15(9,12)13;1-8(2)5-10-7(11-6-8)3-4-9-10;;/h3H,4-5H2,1-2H3;3H,4-5H2,1-2H3,(H2,9,12,13);3-4H,5-6H2,1-2H3;1H3;1H2. The van der Waals surface area contributed by atoms with E-state index in [4.69, 9.17) is 30.0 Å². The molecule has 0 fully saturated rings. The molecule has 19 heteroatoms. The van der Waals surface area contributed by atoms with E-state index in [2.05, 4.69) is 29.1 Å². The van der Waals surface area contributed by atoms with E-state index in [0.717, 1.165) is 19.0 Å². The van der Waals surface area contributed by atoms with Crippen LogP contribution in [-0.2, 0) is 38.7 Å². The number of rotatable bonds is 2. The Kier molecular flexibility index (Phi) is 10.6. The molecule has 0 atom stereocenters. The molecule has 3 aliphatic rings. The SMILES string of the molecule is CC1(C)COc2c(S(=O)(=O)Cl)cnn2C1.CC1(C)COc2c(S(N)(=O)=O)cnn2C1.CC1(C)COc2ccnn2C1.N.O. The number of hydrogen-bond acceptors (Lipinski definition) is 11. The lowest BCUT2D eigenvalue weighted by Gasteiger charge is -2.30. The largest absolute Gasteiger partial charge is 0.477 e. The van der Waals surface area contributed by atoms with Crippen molar-refractivity contribution in [3.63, 3.8) is 0 Å². The summed E-state index contributed by atoms with van der Waals surface area (Å²) in [5, 5.41) is 17.1. The molecule has 0 amide bonds. The fourth-order valence-electron chi connectivity index (χ4n) is 4.30. The topological polar surface area (TPSA) is 242 Å². The Bertz CT molecular complexity index is 1540. The zero-order valence-corrected chi connectivity index (χ0v) is 27.5. The molecule has 0 unspecified atom stereocenters. The molecule has 0 saturated heterocycles. The van der Waals surface area contributed by atoms with Gasteiger partial charge in [-0.25, -0.2) is 36.0 Å². The molecule has 6 rings (SSSR count). The maximum absolute atomic E-state index is 11.2. The second kappa shape index (κ2) is 12.6. The number of nitrogens with zero attached hydrogens (tertiary/aromatic N) is 6. The van der Waals surface area contributed by atoms with Crippen LogP contribution in [0.4, 0.5) is 0 Å². The molecule has 0 bridgehead atoms. The van der Waals surface area contributed by atoms with Crippen LogP contribution in [0.2, 0.25) is 0 Å². The van der Waals surface area contributed by atoms with Crippen LogP contribution in [0.15, 0.2) is 34.4 Å². The average molecular weight is 669 g/mol. The molecule has 0 aliphatic carbocycles. The monoisotopic (exact) mass is 668 g/mol. The first-order chi connectivity index (χ1) is 18.8. The van der Waals surface area contributed by atoms with Crippen LogP contribution in [0.3, 0.4) is 0 Å². The van der Waals surface area contributed by atoms with Gasteiger partial charge in [-0.2, -0.15) is 15.3 Å². The van der Waals surface area contributed by atoms with Crippen LogP contribution >= 0.6 is 10.7 Å². The van der Waals surface area contributed by atoms with Gasteiger partial charge in [0, 0.05) is 33.0 Å². The van der Waals surface area contributed by atoms with E-state index in [1.807, 2.05) is 38.4 Å². The third-order valence-electron chi connectivity index (χ3n) is 6.31. The van der Waals surface area contributed by atoms with Gasteiger partial charge >= 0.3 is 0 Å². The zero-order valence-electron chi connectivity index (χ0n) is 25.1. The molecule has 16 nitrogen and oxygen atoms in total. The highest BCUT2D eigenvalue weighted by Gasteiger charge is 2.33. The highest BCUT2D eigenvalue weighted by molar-refractivity contribution is 8.13. The number of halogens is 1. The van der Waals surface area contributed by atoms with Gasteiger partial charge in [0.05, 0.1) is 58.0 Å². The Morgan fingerprint density at radius 3 is 1.63 bits per heavy atom. The van der Waals surface area contributed by atoms with E-state index in [0.29, 0.717) is 26.3 Å². The second-order valence-corrected chi connectivity index (χ2v) is 16.7. The summed E-state index contributed by atoms with van der Waals surface area (Å²) >= 11 is 0. The fourth-order valence-corrected chi connectivity index (χ4v) is 5.77. The molecule has 6 heterocycles. The number of primary sulfonamides is 1.